The Morgan fingerprint density at radius 1 is 1.11 bits per heavy atom. The number of methoxy groups -OCH3 is 1. The molecular formula is C23H29NO3. The van der Waals surface area contributed by atoms with E-state index in [-0.39, 0.29) is 24.5 Å². The lowest BCUT2D eigenvalue weighted by atomic mass is 9.96. The van der Waals surface area contributed by atoms with Crippen molar-refractivity contribution < 1.29 is 14.6 Å². The monoisotopic (exact) mass is 367 g/mol. The maximum Gasteiger partial charge on any atom is 0.226 e. The maximum atomic E-state index is 12.6. The Balaban J connectivity index is 1.94. The van der Waals surface area contributed by atoms with E-state index in [4.69, 9.17) is 4.74 Å². The molecule has 0 unspecified atom stereocenters. The minimum absolute atomic E-state index is 0.00466. The fourth-order valence-electron chi connectivity index (χ4n) is 3.13. The van der Waals surface area contributed by atoms with Crippen molar-refractivity contribution in [2.75, 3.05) is 20.3 Å². The van der Waals surface area contributed by atoms with Gasteiger partial charge in [0.2, 0.25) is 5.91 Å². The van der Waals surface area contributed by atoms with Gasteiger partial charge in [-0.3, -0.25) is 4.79 Å². The third-order valence-corrected chi connectivity index (χ3v) is 4.53. The summed E-state index contributed by atoms with van der Waals surface area (Å²) >= 11 is 0. The van der Waals surface area contributed by atoms with Crippen LogP contribution in [0.3, 0.4) is 0 Å². The van der Waals surface area contributed by atoms with Gasteiger partial charge in [0.15, 0.2) is 0 Å². The van der Waals surface area contributed by atoms with Gasteiger partial charge in [-0.05, 0) is 11.1 Å². The first kappa shape index (κ1) is 20.9. The molecule has 0 aliphatic rings. The van der Waals surface area contributed by atoms with Gasteiger partial charge in [-0.15, -0.1) is 0 Å². The van der Waals surface area contributed by atoms with Crippen molar-refractivity contribution in [3.63, 3.8) is 0 Å². The topological polar surface area (TPSA) is 49.8 Å². The molecule has 1 amide bonds. The number of hydrogen-bond acceptors (Lipinski definition) is 3. The number of nitrogens with zero attached hydrogens (tertiary/aromatic N) is 1. The van der Waals surface area contributed by atoms with Crippen LogP contribution in [0.2, 0.25) is 0 Å². The van der Waals surface area contributed by atoms with Gasteiger partial charge >= 0.3 is 0 Å². The summed E-state index contributed by atoms with van der Waals surface area (Å²) < 4.78 is 5.64. The number of rotatable bonds is 10. The summed E-state index contributed by atoms with van der Waals surface area (Å²) in [5.74, 6) is 0.149. The molecule has 0 radical (unpaired) electrons. The van der Waals surface area contributed by atoms with Crippen LogP contribution in [0.25, 0.3) is 0 Å². The highest BCUT2D eigenvalue weighted by atomic mass is 16.5. The lowest BCUT2D eigenvalue weighted by Gasteiger charge is -2.22. The fraction of sp³-hybridized carbons (Fsp3) is 0.348. The SMILES string of the molecule is CO[C@@H](c1ccccc1)[C@@H](C)/C=C/CC(=O)N(CCO)Cc1ccccc1. The van der Waals surface area contributed by atoms with Gasteiger partial charge in [-0.2, -0.15) is 0 Å². The minimum Gasteiger partial charge on any atom is -0.395 e. The molecule has 0 heterocycles. The summed E-state index contributed by atoms with van der Waals surface area (Å²) in [6, 6.07) is 19.9. The van der Waals surface area contributed by atoms with Gasteiger partial charge in [-0.25, -0.2) is 0 Å². The van der Waals surface area contributed by atoms with Crippen LogP contribution in [0.4, 0.5) is 0 Å². The molecule has 2 aromatic carbocycles. The van der Waals surface area contributed by atoms with E-state index in [1.807, 2.05) is 72.8 Å². The lowest BCUT2D eigenvalue weighted by Crippen LogP contribution is -2.32. The molecule has 1 N–H and O–H groups in total. The van der Waals surface area contributed by atoms with Crippen molar-refractivity contribution in [1.82, 2.24) is 4.90 Å². The molecule has 2 aromatic rings. The van der Waals surface area contributed by atoms with E-state index in [0.717, 1.165) is 11.1 Å². The zero-order valence-electron chi connectivity index (χ0n) is 16.1. The molecule has 0 aliphatic carbocycles. The first-order valence-electron chi connectivity index (χ1n) is 9.32. The van der Waals surface area contributed by atoms with Crippen molar-refractivity contribution in [1.29, 1.82) is 0 Å². The van der Waals surface area contributed by atoms with Crippen LogP contribution in [0.1, 0.15) is 30.6 Å². The Morgan fingerprint density at radius 3 is 2.33 bits per heavy atom. The van der Waals surface area contributed by atoms with Crippen LogP contribution in [-0.2, 0) is 16.1 Å². The Morgan fingerprint density at radius 2 is 1.74 bits per heavy atom. The molecule has 4 nitrogen and oxygen atoms in total. The van der Waals surface area contributed by atoms with Gasteiger partial charge in [-0.1, -0.05) is 79.7 Å². The third kappa shape index (κ3) is 6.66. The fourth-order valence-corrected chi connectivity index (χ4v) is 3.13. The van der Waals surface area contributed by atoms with E-state index in [9.17, 15) is 9.90 Å². The maximum absolute atomic E-state index is 12.6. The third-order valence-electron chi connectivity index (χ3n) is 4.53. The number of carbonyl (C=O) groups excluding carboxylic acids is 1. The van der Waals surface area contributed by atoms with E-state index < -0.39 is 0 Å². The summed E-state index contributed by atoms with van der Waals surface area (Å²) in [6.45, 7) is 2.88. The molecule has 0 fully saturated rings. The van der Waals surface area contributed by atoms with E-state index in [2.05, 4.69) is 6.92 Å². The normalized spacial score (nSPS) is 13.4. The van der Waals surface area contributed by atoms with Gasteiger partial charge in [0.1, 0.15) is 0 Å². The quantitative estimate of drug-likeness (QED) is 0.646. The van der Waals surface area contributed by atoms with Gasteiger partial charge in [0.25, 0.3) is 0 Å². The van der Waals surface area contributed by atoms with Crippen LogP contribution in [0.5, 0.6) is 0 Å². The average Bonchev–Trinajstić information content (AvgIpc) is 2.70. The predicted molar refractivity (Wildman–Crippen MR) is 108 cm³/mol. The summed E-state index contributed by atoms with van der Waals surface area (Å²) in [5.41, 5.74) is 2.18. The molecule has 144 valence electrons. The predicted octanol–water partition coefficient (Wildman–Crippen LogP) is 3.98. The minimum atomic E-state index is -0.0459. The molecule has 2 rings (SSSR count). The smallest absolute Gasteiger partial charge is 0.226 e. The number of ether oxygens (including phenoxy) is 1. The second-order valence-corrected chi connectivity index (χ2v) is 6.58. The Bertz CT molecular complexity index is 700. The number of benzene rings is 2. The molecule has 0 spiro atoms. The number of hydrogen-bond donors (Lipinski definition) is 1. The highest BCUT2D eigenvalue weighted by Gasteiger charge is 2.17. The van der Waals surface area contributed by atoms with Crippen LogP contribution in [0, 0.1) is 5.92 Å². The van der Waals surface area contributed by atoms with Crippen molar-refractivity contribution >= 4 is 5.91 Å². The van der Waals surface area contributed by atoms with Crippen LogP contribution < -0.4 is 0 Å². The number of carbonyl (C=O) groups is 1. The molecule has 0 saturated heterocycles. The van der Waals surface area contributed by atoms with Crippen molar-refractivity contribution in [3.8, 4) is 0 Å². The highest BCUT2D eigenvalue weighted by molar-refractivity contribution is 5.77. The van der Waals surface area contributed by atoms with Crippen LogP contribution in [-0.4, -0.2) is 36.2 Å². The Kier molecular flexibility index (Phi) is 8.75. The molecule has 2 atom stereocenters. The molecule has 27 heavy (non-hydrogen) atoms. The van der Waals surface area contributed by atoms with E-state index in [1.165, 1.54) is 0 Å². The standard InChI is InChI=1S/C23H29NO3/c1-19(23(27-2)21-13-7-4-8-14-21)10-9-15-22(26)24(16-17-25)18-20-11-5-3-6-12-20/h3-14,19,23,25H,15-18H2,1-2H3/b10-9+/t19-,23+/m0/s1. The zero-order valence-corrected chi connectivity index (χ0v) is 16.1. The molecule has 4 heteroatoms. The molecule has 0 aromatic heterocycles. The van der Waals surface area contributed by atoms with Crippen LogP contribution in [0.15, 0.2) is 72.8 Å². The summed E-state index contributed by atoms with van der Waals surface area (Å²) in [4.78, 5) is 14.3. The molecule has 0 bridgehead atoms. The molecular weight excluding hydrogens is 338 g/mol. The highest BCUT2D eigenvalue weighted by Crippen LogP contribution is 2.26. The van der Waals surface area contributed by atoms with Crippen molar-refractivity contribution in [3.05, 3.63) is 83.9 Å². The summed E-state index contributed by atoms with van der Waals surface area (Å²) in [6.07, 6.45) is 4.19. The summed E-state index contributed by atoms with van der Waals surface area (Å²) in [5, 5.41) is 9.28. The van der Waals surface area contributed by atoms with Gasteiger partial charge in [0.05, 0.1) is 12.7 Å². The summed E-state index contributed by atoms with van der Waals surface area (Å²) in [7, 11) is 1.70. The average molecular weight is 367 g/mol. The van der Waals surface area contributed by atoms with Crippen molar-refractivity contribution in [2.24, 2.45) is 5.92 Å². The first-order valence-corrected chi connectivity index (χ1v) is 9.32. The van der Waals surface area contributed by atoms with E-state index in [0.29, 0.717) is 19.5 Å². The van der Waals surface area contributed by atoms with Gasteiger partial charge in [0, 0.05) is 32.5 Å². The second kappa shape index (κ2) is 11.3. The zero-order chi connectivity index (χ0) is 19.5. The first-order chi connectivity index (χ1) is 13.2. The largest absolute Gasteiger partial charge is 0.395 e. The number of amides is 1. The van der Waals surface area contributed by atoms with E-state index in [1.54, 1.807) is 12.0 Å². The Labute approximate surface area is 162 Å². The lowest BCUT2D eigenvalue weighted by molar-refractivity contribution is -0.131. The van der Waals surface area contributed by atoms with Gasteiger partial charge < -0.3 is 14.7 Å². The number of aliphatic hydroxyl groups excluding tert-OH is 1. The second-order valence-electron chi connectivity index (χ2n) is 6.58. The molecule has 0 saturated carbocycles. The van der Waals surface area contributed by atoms with E-state index >= 15 is 0 Å². The van der Waals surface area contributed by atoms with Crippen molar-refractivity contribution in [2.45, 2.75) is 26.0 Å². The number of aliphatic hydroxyl groups is 1. The van der Waals surface area contributed by atoms with Crippen LogP contribution >= 0.6 is 0 Å². The molecule has 0 aliphatic heterocycles. The Hall–Kier alpha value is -2.43.